The van der Waals surface area contributed by atoms with E-state index in [1.54, 1.807) is 0 Å². The summed E-state index contributed by atoms with van der Waals surface area (Å²) in [4.78, 5) is 4.55. The van der Waals surface area contributed by atoms with E-state index in [1.807, 2.05) is 30.5 Å². The van der Waals surface area contributed by atoms with E-state index in [0.717, 1.165) is 25.0 Å². The second-order valence-corrected chi connectivity index (χ2v) is 5.73. The van der Waals surface area contributed by atoms with Crippen LogP contribution in [0.4, 0.5) is 0 Å². The van der Waals surface area contributed by atoms with Crippen LogP contribution >= 0.6 is 0 Å². The predicted octanol–water partition coefficient (Wildman–Crippen LogP) is 2.65. The second-order valence-electron chi connectivity index (χ2n) is 5.73. The molecular formula is C18H22N2O. The number of nitrogens with zero attached hydrogens (tertiary/aromatic N) is 1. The molecule has 0 saturated heterocycles. The van der Waals surface area contributed by atoms with Crippen molar-refractivity contribution in [1.82, 2.24) is 10.3 Å². The highest BCUT2D eigenvalue weighted by Crippen LogP contribution is 2.28. The molecule has 110 valence electrons. The number of pyridine rings is 1. The van der Waals surface area contributed by atoms with Crippen molar-refractivity contribution >= 4 is 0 Å². The molecule has 0 aliphatic heterocycles. The predicted molar refractivity (Wildman–Crippen MR) is 84.1 cm³/mol. The minimum Gasteiger partial charge on any atom is -0.395 e. The van der Waals surface area contributed by atoms with E-state index in [4.69, 9.17) is 0 Å². The summed E-state index contributed by atoms with van der Waals surface area (Å²) >= 11 is 0. The van der Waals surface area contributed by atoms with Gasteiger partial charge in [-0.2, -0.15) is 0 Å². The van der Waals surface area contributed by atoms with E-state index in [0.29, 0.717) is 0 Å². The van der Waals surface area contributed by atoms with Crippen molar-refractivity contribution in [2.75, 3.05) is 6.61 Å². The van der Waals surface area contributed by atoms with E-state index in [1.165, 1.54) is 17.5 Å². The van der Waals surface area contributed by atoms with Gasteiger partial charge in [-0.15, -0.1) is 0 Å². The van der Waals surface area contributed by atoms with Crippen LogP contribution in [0.5, 0.6) is 0 Å². The lowest BCUT2D eigenvalue weighted by atomic mass is 9.91. The molecule has 3 rings (SSSR count). The summed E-state index contributed by atoms with van der Waals surface area (Å²) in [5.74, 6) is 0. The van der Waals surface area contributed by atoms with Gasteiger partial charge >= 0.3 is 0 Å². The number of aliphatic hydroxyl groups is 1. The number of hydrogen-bond acceptors (Lipinski definition) is 3. The summed E-state index contributed by atoms with van der Waals surface area (Å²) in [6.07, 6.45) is 6.10. The molecule has 21 heavy (non-hydrogen) atoms. The van der Waals surface area contributed by atoms with Crippen LogP contribution in [-0.2, 0) is 12.8 Å². The van der Waals surface area contributed by atoms with Gasteiger partial charge in [0.1, 0.15) is 0 Å². The molecule has 1 aliphatic rings. The minimum absolute atomic E-state index is 0.0744. The van der Waals surface area contributed by atoms with E-state index in [9.17, 15) is 5.11 Å². The zero-order valence-corrected chi connectivity index (χ0v) is 12.2. The number of benzene rings is 1. The molecule has 0 amide bonds. The molecule has 0 bridgehead atoms. The Hall–Kier alpha value is -1.71. The molecule has 0 fully saturated rings. The lowest BCUT2D eigenvalue weighted by Gasteiger charge is -2.29. The van der Waals surface area contributed by atoms with Crippen molar-refractivity contribution < 1.29 is 5.11 Å². The largest absolute Gasteiger partial charge is 0.395 e. The normalized spacial score (nSPS) is 19.0. The van der Waals surface area contributed by atoms with Crippen LogP contribution in [0, 0.1) is 0 Å². The molecule has 2 N–H and O–H groups in total. The summed E-state index contributed by atoms with van der Waals surface area (Å²) in [6, 6.07) is 14.8. The van der Waals surface area contributed by atoms with Crippen LogP contribution in [0.25, 0.3) is 0 Å². The Morgan fingerprint density at radius 1 is 1.19 bits per heavy atom. The summed E-state index contributed by atoms with van der Waals surface area (Å²) in [7, 11) is 0. The van der Waals surface area contributed by atoms with Crippen LogP contribution in [-0.4, -0.2) is 22.7 Å². The van der Waals surface area contributed by atoms with Crippen LogP contribution in [0.15, 0.2) is 48.7 Å². The Morgan fingerprint density at radius 2 is 2.05 bits per heavy atom. The molecule has 1 aliphatic carbocycles. The van der Waals surface area contributed by atoms with E-state index >= 15 is 0 Å². The van der Waals surface area contributed by atoms with Crippen LogP contribution < -0.4 is 5.32 Å². The first-order valence-electron chi connectivity index (χ1n) is 7.71. The maximum atomic E-state index is 9.68. The maximum absolute atomic E-state index is 9.68. The van der Waals surface area contributed by atoms with Gasteiger partial charge < -0.3 is 10.4 Å². The number of aromatic nitrogens is 1. The zero-order chi connectivity index (χ0) is 14.5. The van der Waals surface area contributed by atoms with E-state index in [2.05, 4.69) is 28.5 Å². The molecule has 2 aromatic rings. The molecule has 3 heteroatoms. The quantitative estimate of drug-likeness (QED) is 0.886. The molecule has 1 aromatic heterocycles. The van der Waals surface area contributed by atoms with Gasteiger partial charge in [0.25, 0.3) is 0 Å². The lowest BCUT2D eigenvalue weighted by molar-refractivity contribution is 0.224. The Morgan fingerprint density at radius 3 is 2.86 bits per heavy atom. The summed E-state index contributed by atoms with van der Waals surface area (Å²) < 4.78 is 0. The fraction of sp³-hybridized carbons (Fsp3) is 0.389. The molecule has 2 atom stereocenters. The highest BCUT2D eigenvalue weighted by Gasteiger charge is 2.23. The SMILES string of the molecule is OCC(Cc1ccccc1)NC1CCCc2cccnc21. The smallest absolute Gasteiger partial charge is 0.0605 e. The maximum Gasteiger partial charge on any atom is 0.0605 e. The Bertz CT molecular complexity index is 570. The van der Waals surface area contributed by atoms with Crippen molar-refractivity contribution in [3.8, 4) is 0 Å². The van der Waals surface area contributed by atoms with E-state index in [-0.39, 0.29) is 18.7 Å². The average molecular weight is 282 g/mol. The molecule has 0 saturated carbocycles. The number of nitrogens with one attached hydrogen (secondary N) is 1. The zero-order valence-electron chi connectivity index (χ0n) is 12.2. The standard InChI is InChI=1S/C18H22N2O/c21-13-16(12-14-6-2-1-3-7-14)20-17-10-4-8-15-9-5-11-19-18(15)17/h1-3,5-7,9,11,16-17,20-21H,4,8,10,12-13H2. The lowest BCUT2D eigenvalue weighted by Crippen LogP contribution is -2.39. The van der Waals surface area contributed by atoms with Crippen molar-refractivity contribution in [2.45, 2.75) is 37.8 Å². The first-order valence-corrected chi connectivity index (χ1v) is 7.71. The number of aryl methyl sites for hydroxylation is 1. The molecule has 1 aromatic carbocycles. The van der Waals surface area contributed by atoms with Crippen LogP contribution in [0.2, 0.25) is 0 Å². The molecule has 3 nitrogen and oxygen atoms in total. The van der Waals surface area contributed by atoms with Crippen molar-refractivity contribution in [3.05, 3.63) is 65.5 Å². The van der Waals surface area contributed by atoms with Gasteiger partial charge in [-0.25, -0.2) is 0 Å². The number of aliphatic hydroxyl groups excluding tert-OH is 1. The molecule has 0 radical (unpaired) electrons. The van der Waals surface area contributed by atoms with Gasteiger partial charge in [0.15, 0.2) is 0 Å². The molecule has 1 heterocycles. The highest BCUT2D eigenvalue weighted by atomic mass is 16.3. The molecule has 0 spiro atoms. The fourth-order valence-electron chi connectivity index (χ4n) is 3.13. The third-order valence-corrected chi connectivity index (χ3v) is 4.18. The monoisotopic (exact) mass is 282 g/mol. The summed E-state index contributed by atoms with van der Waals surface area (Å²) in [6.45, 7) is 0.146. The average Bonchev–Trinajstić information content (AvgIpc) is 2.55. The van der Waals surface area contributed by atoms with Gasteiger partial charge in [0, 0.05) is 12.2 Å². The van der Waals surface area contributed by atoms with Gasteiger partial charge in [0.2, 0.25) is 0 Å². The number of fused-ring (bicyclic) bond motifs is 1. The number of hydrogen-bond donors (Lipinski definition) is 2. The fourth-order valence-corrected chi connectivity index (χ4v) is 3.13. The Balaban J connectivity index is 1.70. The summed E-state index contributed by atoms with van der Waals surface area (Å²) in [5, 5.41) is 13.3. The first kappa shape index (κ1) is 14.2. The third-order valence-electron chi connectivity index (χ3n) is 4.18. The van der Waals surface area contributed by atoms with Crippen molar-refractivity contribution in [1.29, 1.82) is 0 Å². The minimum atomic E-state index is 0.0744. The van der Waals surface area contributed by atoms with E-state index < -0.39 is 0 Å². The van der Waals surface area contributed by atoms with Crippen molar-refractivity contribution in [3.63, 3.8) is 0 Å². The van der Waals surface area contributed by atoms with Gasteiger partial charge in [-0.05, 0) is 42.9 Å². The topological polar surface area (TPSA) is 45.1 Å². The Kier molecular flexibility index (Phi) is 4.63. The second kappa shape index (κ2) is 6.83. The molecular weight excluding hydrogens is 260 g/mol. The first-order chi connectivity index (χ1) is 10.4. The third kappa shape index (κ3) is 3.49. The Labute approximate surface area is 126 Å². The van der Waals surface area contributed by atoms with Crippen molar-refractivity contribution in [2.24, 2.45) is 0 Å². The van der Waals surface area contributed by atoms with Gasteiger partial charge in [0.05, 0.1) is 18.3 Å². The summed E-state index contributed by atoms with van der Waals surface area (Å²) in [5.41, 5.74) is 3.76. The molecule has 2 unspecified atom stereocenters. The highest BCUT2D eigenvalue weighted by molar-refractivity contribution is 5.25. The van der Waals surface area contributed by atoms with Crippen LogP contribution in [0.3, 0.4) is 0 Å². The van der Waals surface area contributed by atoms with Gasteiger partial charge in [-0.3, -0.25) is 4.98 Å². The van der Waals surface area contributed by atoms with Gasteiger partial charge in [-0.1, -0.05) is 36.4 Å². The number of rotatable bonds is 5. The van der Waals surface area contributed by atoms with Crippen LogP contribution in [0.1, 0.15) is 35.7 Å².